The second kappa shape index (κ2) is 16.0. The number of hydrogen-bond acceptors (Lipinski definition) is 5. The van der Waals surface area contributed by atoms with Gasteiger partial charge in [-0.25, -0.2) is 4.99 Å². The van der Waals surface area contributed by atoms with Crippen LogP contribution in [0.4, 0.5) is 0 Å². The largest absolute Gasteiger partial charge is 0.456 e. The Kier molecular flexibility index (Phi) is 9.10. The molecule has 1 fully saturated rings. The minimum absolute atomic E-state index is 0.0305. The summed E-state index contributed by atoms with van der Waals surface area (Å²) in [7, 11) is 0. The summed E-state index contributed by atoms with van der Waals surface area (Å²) in [5.74, 6) is 1.82. The van der Waals surface area contributed by atoms with Crippen molar-refractivity contribution < 1.29 is 9.15 Å². The summed E-state index contributed by atoms with van der Waals surface area (Å²) in [6.45, 7) is 0. The molecule has 2 N–H and O–H groups in total. The van der Waals surface area contributed by atoms with Crippen LogP contribution in [-0.4, -0.2) is 10.4 Å². The first-order valence-electron chi connectivity index (χ1n) is 24.7. The van der Waals surface area contributed by atoms with Crippen LogP contribution in [0.25, 0.3) is 77.9 Å². The lowest BCUT2D eigenvalue weighted by atomic mass is 9.76. The molecule has 11 aromatic rings. The maximum Gasteiger partial charge on any atom is 0.135 e. The number of aromatic nitrogens is 1. The van der Waals surface area contributed by atoms with Crippen LogP contribution >= 0.6 is 0 Å². The van der Waals surface area contributed by atoms with E-state index in [0.29, 0.717) is 0 Å². The van der Waals surface area contributed by atoms with E-state index in [1.165, 1.54) is 83.1 Å². The van der Waals surface area contributed by atoms with Crippen LogP contribution in [0.15, 0.2) is 228 Å². The Balaban J connectivity index is 0.849. The van der Waals surface area contributed by atoms with Crippen LogP contribution in [-0.2, 0) is 11.2 Å². The van der Waals surface area contributed by atoms with Crippen molar-refractivity contribution in [3.05, 3.63) is 263 Å². The lowest BCUT2D eigenvalue weighted by molar-refractivity contribution is 0.380. The number of nitrogens with one attached hydrogen (secondary N) is 2. The Labute approximate surface area is 411 Å². The zero-order valence-corrected chi connectivity index (χ0v) is 38.7. The molecule has 4 unspecified atom stereocenters. The number of furan rings is 1. The van der Waals surface area contributed by atoms with Gasteiger partial charge in [0.2, 0.25) is 0 Å². The van der Waals surface area contributed by atoms with Crippen LogP contribution in [0, 0.1) is 0 Å². The van der Waals surface area contributed by atoms with Gasteiger partial charge in [-0.2, -0.15) is 0 Å². The summed E-state index contributed by atoms with van der Waals surface area (Å²) < 4.78 is 16.0. The highest BCUT2D eigenvalue weighted by Crippen LogP contribution is 2.62. The number of rotatable bonds is 7. The molecule has 0 saturated carbocycles. The van der Waals surface area contributed by atoms with Crippen LogP contribution in [0.2, 0.25) is 0 Å². The first-order chi connectivity index (χ1) is 35.2. The molecule has 2 aliphatic carbocycles. The maximum atomic E-state index is 6.75. The van der Waals surface area contributed by atoms with E-state index < -0.39 is 0 Å². The second-order valence-electron chi connectivity index (χ2n) is 19.3. The fourth-order valence-electron chi connectivity index (χ4n) is 11.9. The molecule has 0 bridgehead atoms. The van der Waals surface area contributed by atoms with Crippen molar-refractivity contribution in [3.63, 3.8) is 0 Å². The number of para-hydroxylation sites is 1. The van der Waals surface area contributed by atoms with Gasteiger partial charge in [-0.15, -0.1) is 0 Å². The summed E-state index contributed by atoms with van der Waals surface area (Å²) in [5, 5.41) is 11.3. The van der Waals surface area contributed by atoms with Crippen molar-refractivity contribution in [2.45, 2.75) is 36.9 Å². The summed E-state index contributed by atoms with van der Waals surface area (Å²) in [4.78, 5) is 5.43. The van der Waals surface area contributed by atoms with E-state index in [-0.39, 0.29) is 30.5 Å². The molecule has 1 saturated heterocycles. The number of hydrogen-bond donors (Lipinski definition) is 2. The molecule has 338 valence electrons. The van der Waals surface area contributed by atoms with Gasteiger partial charge in [-0.05, 0) is 98.5 Å². The predicted octanol–water partition coefficient (Wildman–Crippen LogP) is 15.3. The molecule has 71 heavy (non-hydrogen) atoms. The molecular formula is C65H46N4O2. The second-order valence-corrected chi connectivity index (χ2v) is 19.3. The number of benzene rings is 9. The Morgan fingerprint density at radius 2 is 1.23 bits per heavy atom. The molecule has 5 atom stereocenters. The number of epoxide rings is 1. The molecule has 2 aliphatic heterocycles. The zero-order valence-electron chi connectivity index (χ0n) is 38.7. The monoisotopic (exact) mass is 914 g/mol. The first-order valence-corrected chi connectivity index (χ1v) is 24.7. The number of amidine groups is 1. The summed E-state index contributed by atoms with van der Waals surface area (Å²) in [6.07, 6.45) is 4.87. The van der Waals surface area contributed by atoms with Gasteiger partial charge in [0.15, 0.2) is 0 Å². The molecule has 0 radical (unpaired) electrons. The number of nitrogens with zero attached hydrogens (tertiary/aromatic N) is 2. The standard InChI is InChI=1S/C65H46N4O2/c1-4-15-39(16-5-1)41-27-29-43(30-28-41)64-66-63(42-19-8-3-9-20-42)67-65(68-64)50-24-14-26-57-58(50)52-38-45(32-36-56(52)70-57)46-33-35-55(60-59(46)48-22-10-11-23-49(48)61-62(60)71-61)69-53-25-13-12-21-47(53)51-37-44(31-34-54(51)69)40-17-6-2-7-18-40/h1-37,45,61-64,66H,38H2,(H,67,68)/t45?,61-,62?,63?,64?/m1/s1. The highest BCUT2D eigenvalue weighted by molar-refractivity contribution is 6.12. The van der Waals surface area contributed by atoms with Crippen molar-refractivity contribution in [2.75, 3.05) is 0 Å². The first kappa shape index (κ1) is 40.3. The normalized spacial score (nSPS) is 19.7. The average Bonchev–Trinajstić information content (AvgIpc) is 4.08. The predicted molar refractivity (Wildman–Crippen MR) is 287 cm³/mol. The highest BCUT2D eigenvalue weighted by atomic mass is 16.6. The molecule has 2 aromatic heterocycles. The van der Waals surface area contributed by atoms with Gasteiger partial charge in [0.25, 0.3) is 0 Å². The molecule has 6 heteroatoms. The minimum Gasteiger partial charge on any atom is -0.456 e. The zero-order chi connectivity index (χ0) is 46.6. The average molecular weight is 915 g/mol. The van der Waals surface area contributed by atoms with E-state index in [2.05, 4.69) is 240 Å². The molecule has 4 heterocycles. The lowest BCUT2D eigenvalue weighted by Gasteiger charge is -2.32. The van der Waals surface area contributed by atoms with Crippen molar-refractivity contribution in [2.24, 2.45) is 4.99 Å². The highest BCUT2D eigenvalue weighted by Gasteiger charge is 2.50. The maximum absolute atomic E-state index is 6.75. The lowest BCUT2D eigenvalue weighted by Crippen LogP contribution is -2.45. The summed E-state index contributed by atoms with van der Waals surface area (Å²) >= 11 is 0. The summed E-state index contributed by atoms with van der Waals surface area (Å²) in [6, 6.07) is 76.4. The fraction of sp³-hybridized carbons (Fsp3) is 0.0923. The van der Waals surface area contributed by atoms with E-state index in [9.17, 15) is 0 Å². The van der Waals surface area contributed by atoms with Gasteiger partial charge >= 0.3 is 0 Å². The topological polar surface area (TPSA) is 67.0 Å². The number of fused-ring (bicyclic) bond motifs is 12. The van der Waals surface area contributed by atoms with Crippen molar-refractivity contribution in [1.82, 2.24) is 15.2 Å². The van der Waals surface area contributed by atoms with E-state index in [1.54, 1.807) is 0 Å². The smallest absolute Gasteiger partial charge is 0.135 e. The van der Waals surface area contributed by atoms with Gasteiger partial charge in [-0.3, -0.25) is 5.32 Å². The third kappa shape index (κ3) is 6.52. The molecule has 4 aliphatic rings. The minimum atomic E-state index is -0.268. The molecule has 0 spiro atoms. The SMILES string of the molecule is C1=CC(c2ccc(-n3c4ccccc4c4cc(-c5ccccc5)ccc43)c3c2-c2ccccc2[C@H]2OC32)Cc2c1oc1cccc(C3=NC(c4ccccc4)NC(c4ccc(-c5ccccc5)cc4)N3)c21. The quantitative estimate of drug-likeness (QED) is 0.156. The molecule has 6 nitrogen and oxygen atoms in total. The van der Waals surface area contributed by atoms with Gasteiger partial charge in [0, 0.05) is 38.8 Å². The van der Waals surface area contributed by atoms with Gasteiger partial charge in [0.05, 0.1) is 16.7 Å². The Hall–Kier alpha value is -8.55. The molecule has 0 amide bonds. The van der Waals surface area contributed by atoms with Gasteiger partial charge in [0.1, 0.15) is 41.7 Å². The van der Waals surface area contributed by atoms with Crippen molar-refractivity contribution >= 4 is 44.7 Å². The van der Waals surface area contributed by atoms with E-state index in [4.69, 9.17) is 14.1 Å². The molecular weight excluding hydrogens is 869 g/mol. The number of aliphatic imine (C=N–C) groups is 1. The van der Waals surface area contributed by atoms with Gasteiger partial charge in [-0.1, -0.05) is 188 Å². The number of allylic oxidation sites excluding steroid dienone is 1. The van der Waals surface area contributed by atoms with Crippen LogP contribution < -0.4 is 10.6 Å². The Bertz CT molecular complexity index is 3960. The Morgan fingerprint density at radius 3 is 2.06 bits per heavy atom. The van der Waals surface area contributed by atoms with E-state index in [1.807, 2.05) is 0 Å². The number of ether oxygens (including phenoxy) is 1. The van der Waals surface area contributed by atoms with Crippen LogP contribution in [0.5, 0.6) is 0 Å². The summed E-state index contributed by atoms with van der Waals surface area (Å²) in [5.41, 5.74) is 20.1. The fourth-order valence-corrected chi connectivity index (χ4v) is 11.9. The van der Waals surface area contributed by atoms with E-state index >= 15 is 0 Å². The van der Waals surface area contributed by atoms with Crippen molar-refractivity contribution in [3.8, 4) is 39.1 Å². The van der Waals surface area contributed by atoms with Crippen LogP contribution in [0.3, 0.4) is 0 Å². The van der Waals surface area contributed by atoms with E-state index in [0.717, 1.165) is 45.7 Å². The van der Waals surface area contributed by atoms with Crippen LogP contribution in [0.1, 0.15) is 75.2 Å². The van der Waals surface area contributed by atoms with Gasteiger partial charge < -0.3 is 19.0 Å². The molecule has 15 rings (SSSR count). The molecule has 9 aromatic carbocycles. The Morgan fingerprint density at radius 1 is 0.535 bits per heavy atom. The third-order valence-corrected chi connectivity index (χ3v) is 15.3. The van der Waals surface area contributed by atoms with Crippen molar-refractivity contribution in [1.29, 1.82) is 0 Å². The third-order valence-electron chi connectivity index (χ3n) is 15.3.